The summed E-state index contributed by atoms with van der Waals surface area (Å²) in [4.78, 5) is 34.0. The molecule has 1 atom stereocenters. The minimum absolute atomic E-state index is 0.162. The summed E-state index contributed by atoms with van der Waals surface area (Å²) in [7, 11) is 0. The van der Waals surface area contributed by atoms with Gasteiger partial charge in [-0.3, -0.25) is 4.79 Å². The van der Waals surface area contributed by atoms with Crippen molar-refractivity contribution in [3.05, 3.63) is 76.3 Å². The summed E-state index contributed by atoms with van der Waals surface area (Å²) < 4.78 is 0. The van der Waals surface area contributed by atoms with Crippen LogP contribution in [-0.4, -0.2) is 34.0 Å². The molecule has 3 rings (SSSR count). The van der Waals surface area contributed by atoms with Crippen molar-refractivity contribution >= 4 is 16.9 Å². The molecule has 0 radical (unpaired) electrons. The number of para-hydroxylation sites is 1. The minimum Gasteiger partial charge on any atom is -0.337 e. The lowest BCUT2D eigenvalue weighted by atomic mass is 9.88. The number of nitrogens with zero attached hydrogens (tertiary/aromatic N) is 2. The van der Waals surface area contributed by atoms with Crippen molar-refractivity contribution in [2.24, 2.45) is 5.92 Å². The lowest BCUT2D eigenvalue weighted by molar-refractivity contribution is 0.195. The molecular formula is C23H28N4O2. The van der Waals surface area contributed by atoms with E-state index in [0.29, 0.717) is 35.7 Å². The summed E-state index contributed by atoms with van der Waals surface area (Å²) in [5.41, 5.74) is 1.66. The summed E-state index contributed by atoms with van der Waals surface area (Å²) in [6, 6.07) is 17.3. The molecule has 3 aromatic rings. The molecule has 0 bridgehead atoms. The molecule has 6 nitrogen and oxygen atoms in total. The van der Waals surface area contributed by atoms with Crippen molar-refractivity contribution in [1.29, 1.82) is 0 Å². The van der Waals surface area contributed by atoms with Crippen LogP contribution >= 0.6 is 0 Å². The zero-order valence-electron chi connectivity index (χ0n) is 17.2. The van der Waals surface area contributed by atoms with Crippen molar-refractivity contribution in [1.82, 2.24) is 20.2 Å². The fourth-order valence-electron chi connectivity index (χ4n) is 3.47. The predicted octanol–water partition coefficient (Wildman–Crippen LogP) is 3.89. The van der Waals surface area contributed by atoms with E-state index in [2.05, 4.69) is 41.3 Å². The average molecular weight is 393 g/mol. The summed E-state index contributed by atoms with van der Waals surface area (Å²) >= 11 is 0. The number of aromatic amines is 1. The quantitative estimate of drug-likeness (QED) is 0.640. The van der Waals surface area contributed by atoms with Gasteiger partial charge in [-0.2, -0.15) is 0 Å². The number of urea groups is 1. The fourth-order valence-corrected chi connectivity index (χ4v) is 3.47. The van der Waals surface area contributed by atoms with Crippen LogP contribution in [0.15, 0.2) is 59.4 Å². The van der Waals surface area contributed by atoms with Crippen LogP contribution < -0.4 is 10.9 Å². The number of aromatic nitrogens is 2. The third kappa shape index (κ3) is 5.02. The average Bonchev–Trinajstić information content (AvgIpc) is 2.72. The maximum Gasteiger partial charge on any atom is 0.317 e. The van der Waals surface area contributed by atoms with E-state index in [1.165, 1.54) is 5.56 Å². The smallest absolute Gasteiger partial charge is 0.317 e. The third-order valence-electron chi connectivity index (χ3n) is 5.18. The number of nitrogens with one attached hydrogen (secondary N) is 2. The van der Waals surface area contributed by atoms with Crippen molar-refractivity contribution in [3.63, 3.8) is 0 Å². The molecule has 0 saturated carbocycles. The van der Waals surface area contributed by atoms with E-state index in [0.717, 1.165) is 0 Å². The van der Waals surface area contributed by atoms with Crippen LogP contribution in [0, 0.1) is 5.92 Å². The van der Waals surface area contributed by atoms with Gasteiger partial charge >= 0.3 is 6.03 Å². The first kappa shape index (κ1) is 20.6. The van der Waals surface area contributed by atoms with Crippen molar-refractivity contribution in [2.75, 3.05) is 13.1 Å². The van der Waals surface area contributed by atoms with Gasteiger partial charge in [-0.05, 0) is 30.5 Å². The SMILES string of the molecule is CCN(Cc1nc2ccccc2c(=O)[nH]1)C(=O)NCC(c1ccccc1)C(C)C. The Bertz CT molecular complexity index is 1010. The molecule has 2 amide bonds. The third-order valence-corrected chi connectivity index (χ3v) is 5.18. The minimum atomic E-state index is -0.189. The van der Waals surface area contributed by atoms with Gasteiger partial charge in [0.05, 0.1) is 17.4 Å². The van der Waals surface area contributed by atoms with Crippen molar-refractivity contribution < 1.29 is 4.79 Å². The number of benzene rings is 2. The van der Waals surface area contributed by atoms with E-state index in [9.17, 15) is 9.59 Å². The van der Waals surface area contributed by atoms with Crippen LogP contribution in [0.2, 0.25) is 0 Å². The van der Waals surface area contributed by atoms with E-state index in [4.69, 9.17) is 0 Å². The van der Waals surface area contributed by atoms with E-state index in [1.807, 2.05) is 37.3 Å². The van der Waals surface area contributed by atoms with Crippen molar-refractivity contribution in [3.8, 4) is 0 Å². The Kier molecular flexibility index (Phi) is 6.65. The van der Waals surface area contributed by atoms with Gasteiger partial charge < -0.3 is 15.2 Å². The monoisotopic (exact) mass is 392 g/mol. The first-order chi connectivity index (χ1) is 14.0. The Morgan fingerprint density at radius 1 is 1.10 bits per heavy atom. The van der Waals surface area contributed by atoms with E-state index in [1.54, 1.807) is 17.0 Å². The molecule has 0 fully saturated rings. The van der Waals surface area contributed by atoms with Crippen LogP contribution in [0.5, 0.6) is 0 Å². The summed E-state index contributed by atoms with van der Waals surface area (Å²) in [5.74, 6) is 1.11. The fraction of sp³-hybridized carbons (Fsp3) is 0.348. The molecule has 1 aromatic heterocycles. The molecule has 0 spiro atoms. The van der Waals surface area contributed by atoms with E-state index in [-0.39, 0.29) is 24.1 Å². The van der Waals surface area contributed by atoms with Crippen LogP contribution in [0.25, 0.3) is 10.9 Å². The maximum atomic E-state index is 12.8. The summed E-state index contributed by atoms with van der Waals surface area (Å²) in [6.45, 7) is 7.55. The molecule has 0 aliphatic carbocycles. The number of hydrogen-bond acceptors (Lipinski definition) is 3. The Hall–Kier alpha value is -3.15. The van der Waals surface area contributed by atoms with Gasteiger partial charge in [-0.25, -0.2) is 9.78 Å². The van der Waals surface area contributed by atoms with Crippen LogP contribution in [-0.2, 0) is 6.54 Å². The van der Waals surface area contributed by atoms with Gasteiger partial charge in [0.25, 0.3) is 5.56 Å². The highest BCUT2D eigenvalue weighted by Crippen LogP contribution is 2.23. The molecule has 0 aliphatic heterocycles. The molecule has 1 heterocycles. The zero-order valence-corrected chi connectivity index (χ0v) is 17.2. The van der Waals surface area contributed by atoms with Crippen LogP contribution in [0.3, 0.4) is 0 Å². The van der Waals surface area contributed by atoms with Gasteiger partial charge in [-0.15, -0.1) is 0 Å². The Morgan fingerprint density at radius 3 is 2.48 bits per heavy atom. The number of fused-ring (bicyclic) bond motifs is 1. The number of hydrogen-bond donors (Lipinski definition) is 2. The van der Waals surface area contributed by atoms with Gasteiger partial charge in [0, 0.05) is 19.0 Å². The maximum absolute atomic E-state index is 12.8. The first-order valence-corrected chi connectivity index (χ1v) is 10.0. The molecule has 0 aliphatic rings. The molecular weight excluding hydrogens is 364 g/mol. The highest BCUT2D eigenvalue weighted by molar-refractivity contribution is 5.77. The number of carbonyl (C=O) groups is 1. The highest BCUT2D eigenvalue weighted by atomic mass is 16.2. The Balaban J connectivity index is 1.70. The lowest BCUT2D eigenvalue weighted by Crippen LogP contribution is -2.42. The highest BCUT2D eigenvalue weighted by Gasteiger charge is 2.19. The van der Waals surface area contributed by atoms with Gasteiger partial charge in [0.2, 0.25) is 0 Å². The second-order valence-electron chi connectivity index (χ2n) is 7.49. The number of amides is 2. The standard InChI is InChI=1S/C23H28N4O2/c1-4-27(15-21-25-20-13-9-8-12-18(20)22(28)26-21)23(29)24-14-19(16(2)3)17-10-6-5-7-11-17/h5-13,16,19H,4,14-15H2,1-3H3,(H,24,29)(H,25,26,28). The zero-order chi connectivity index (χ0) is 20.8. The van der Waals surface area contributed by atoms with Gasteiger partial charge in [-0.1, -0.05) is 56.3 Å². The molecule has 0 saturated heterocycles. The molecule has 152 valence electrons. The van der Waals surface area contributed by atoms with Gasteiger partial charge in [0.15, 0.2) is 0 Å². The molecule has 6 heteroatoms. The lowest BCUT2D eigenvalue weighted by Gasteiger charge is -2.25. The number of rotatable bonds is 7. The van der Waals surface area contributed by atoms with E-state index >= 15 is 0 Å². The van der Waals surface area contributed by atoms with Gasteiger partial charge in [0.1, 0.15) is 5.82 Å². The van der Waals surface area contributed by atoms with Crippen LogP contribution in [0.1, 0.15) is 38.1 Å². The predicted molar refractivity (Wildman–Crippen MR) is 116 cm³/mol. The molecule has 29 heavy (non-hydrogen) atoms. The Morgan fingerprint density at radius 2 is 1.79 bits per heavy atom. The molecule has 2 aromatic carbocycles. The normalized spacial score (nSPS) is 12.1. The van der Waals surface area contributed by atoms with Crippen molar-refractivity contribution in [2.45, 2.75) is 33.2 Å². The van der Waals surface area contributed by atoms with E-state index < -0.39 is 0 Å². The summed E-state index contributed by atoms with van der Waals surface area (Å²) in [6.07, 6.45) is 0. The largest absolute Gasteiger partial charge is 0.337 e. The number of H-pyrrole nitrogens is 1. The Labute approximate surface area is 171 Å². The summed E-state index contributed by atoms with van der Waals surface area (Å²) in [5, 5.41) is 3.60. The molecule has 2 N–H and O–H groups in total. The topological polar surface area (TPSA) is 78.1 Å². The second-order valence-corrected chi connectivity index (χ2v) is 7.49. The second kappa shape index (κ2) is 9.37. The molecule has 1 unspecified atom stereocenters. The first-order valence-electron chi connectivity index (χ1n) is 10.0. The van der Waals surface area contributed by atoms with Crippen LogP contribution in [0.4, 0.5) is 4.79 Å². The number of carbonyl (C=O) groups excluding carboxylic acids is 1.